The molecular weight excluding hydrogens is 306 g/mol. The van der Waals surface area contributed by atoms with Crippen LogP contribution in [0.2, 0.25) is 0 Å². The van der Waals surface area contributed by atoms with Crippen LogP contribution in [0.1, 0.15) is 30.5 Å². The summed E-state index contributed by atoms with van der Waals surface area (Å²) < 4.78 is 0. The molecule has 4 rings (SSSR count). The van der Waals surface area contributed by atoms with Crippen molar-refractivity contribution in [2.45, 2.75) is 20.3 Å². The van der Waals surface area contributed by atoms with E-state index in [0.717, 1.165) is 36.6 Å². The number of hydrogen-bond acceptors (Lipinski definition) is 3. The van der Waals surface area contributed by atoms with Crippen LogP contribution in [0.25, 0.3) is 0 Å². The standard InChI is InChI=1S/C22H23N3/c1-4-25(5-2)17-10-11-20-15(13-17)12-16-14-21(23-3)18-8-6-7-9-19(18)22(16)24-20/h6-11,13-14H,4-5,12H2,1-3H3. The highest BCUT2D eigenvalue weighted by atomic mass is 15.1. The van der Waals surface area contributed by atoms with Gasteiger partial charge in [-0.2, -0.15) is 0 Å². The molecule has 0 aromatic heterocycles. The van der Waals surface area contributed by atoms with Gasteiger partial charge < -0.3 is 4.90 Å². The third kappa shape index (κ3) is 2.60. The normalized spacial score (nSPS) is 16.5. The van der Waals surface area contributed by atoms with Gasteiger partial charge >= 0.3 is 0 Å². The third-order valence-corrected chi connectivity index (χ3v) is 5.12. The quantitative estimate of drug-likeness (QED) is 0.811. The minimum Gasteiger partial charge on any atom is -0.372 e. The Morgan fingerprint density at radius 2 is 1.80 bits per heavy atom. The Morgan fingerprint density at radius 3 is 2.52 bits per heavy atom. The molecular formula is C22H23N3. The second kappa shape index (κ2) is 6.32. The van der Waals surface area contributed by atoms with Crippen molar-refractivity contribution < 1.29 is 0 Å². The first-order valence-electron chi connectivity index (χ1n) is 8.99. The van der Waals surface area contributed by atoms with Crippen LogP contribution in [0.5, 0.6) is 0 Å². The van der Waals surface area contributed by atoms with Crippen molar-refractivity contribution in [2.24, 2.45) is 9.98 Å². The van der Waals surface area contributed by atoms with E-state index in [1.807, 2.05) is 7.05 Å². The number of aliphatic imine (C=N–C) groups is 2. The molecule has 0 saturated heterocycles. The maximum absolute atomic E-state index is 5.00. The van der Waals surface area contributed by atoms with Crippen LogP contribution in [-0.2, 0) is 6.42 Å². The van der Waals surface area contributed by atoms with Gasteiger partial charge in [0.25, 0.3) is 0 Å². The van der Waals surface area contributed by atoms with Gasteiger partial charge in [0.1, 0.15) is 0 Å². The highest BCUT2D eigenvalue weighted by Gasteiger charge is 2.26. The summed E-state index contributed by atoms with van der Waals surface area (Å²) in [5.41, 5.74) is 9.46. The van der Waals surface area contributed by atoms with Crippen molar-refractivity contribution in [3.05, 3.63) is 70.8 Å². The second-order valence-corrected chi connectivity index (χ2v) is 6.45. The Labute approximate surface area is 149 Å². The van der Waals surface area contributed by atoms with Crippen LogP contribution in [0.3, 0.4) is 0 Å². The lowest BCUT2D eigenvalue weighted by Gasteiger charge is -2.27. The zero-order chi connectivity index (χ0) is 17.4. The van der Waals surface area contributed by atoms with Gasteiger partial charge in [-0.25, -0.2) is 4.99 Å². The van der Waals surface area contributed by atoms with Gasteiger partial charge in [-0.05, 0) is 49.3 Å². The molecule has 0 unspecified atom stereocenters. The molecule has 1 heterocycles. The lowest BCUT2D eigenvalue weighted by Crippen LogP contribution is -2.23. The summed E-state index contributed by atoms with van der Waals surface area (Å²) in [5.74, 6) is 0. The van der Waals surface area contributed by atoms with E-state index in [4.69, 9.17) is 4.99 Å². The third-order valence-electron chi connectivity index (χ3n) is 5.12. The van der Waals surface area contributed by atoms with Crippen LogP contribution in [0.15, 0.2) is 64.1 Å². The number of benzene rings is 2. The number of nitrogens with zero attached hydrogens (tertiary/aromatic N) is 3. The Bertz CT molecular complexity index is 915. The minimum absolute atomic E-state index is 0.913. The Hall–Kier alpha value is -2.68. The number of hydrogen-bond donors (Lipinski definition) is 0. The predicted molar refractivity (Wildman–Crippen MR) is 107 cm³/mol. The van der Waals surface area contributed by atoms with Crippen LogP contribution in [0, 0.1) is 0 Å². The molecule has 2 aromatic carbocycles. The summed E-state index contributed by atoms with van der Waals surface area (Å²) >= 11 is 0. The molecule has 0 spiro atoms. The van der Waals surface area contributed by atoms with E-state index in [9.17, 15) is 0 Å². The van der Waals surface area contributed by atoms with Crippen molar-refractivity contribution in [1.82, 2.24) is 0 Å². The minimum atomic E-state index is 0.913. The van der Waals surface area contributed by atoms with E-state index in [0.29, 0.717) is 0 Å². The van der Waals surface area contributed by atoms with Crippen molar-refractivity contribution in [2.75, 3.05) is 25.0 Å². The number of allylic oxidation sites excluding steroid dienone is 2. The largest absolute Gasteiger partial charge is 0.372 e. The number of anilines is 1. The van der Waals surface area contributed by atoms with Crippen LogP contribution >= 0.6 is 0 Å². The molecule has 3 nitrogen and oxygen atoms in total. The molecule has 3 heteroatoms. The SMILES string of the molecule is CCN(CC)c1ccc2c(c1)CC1=CC(=NC)c3ccccc3C1=N2. The maximum Gasteiger partial charge on any atom is 0.0752 e. The molecule has 1 aliphatic carbocycles. The van der Waals surface area contributed by atoms with Crippen molar-refractivity contribution in [3.8, 4) is 0 Å². The molecule has 0 fully saturated rings. The van der Waals surface area contributed by atoms with Crippen LogP contribution < -0.4 is 4.90 Å². The summed E-state index contributed by atoms with van der Waals surface area (Å²) in [6.07, 6.45) is 3.12. The zero-order valence-corrected chi connectivity index (χ0v) is 15.1. The molecule has 0 radical (unpaired) electrons. The summed E-state index contributed by atoms with van der Waals surface area (Å²) in [4.78, 5) is 11.9. The summed E-state index contributed by atoms with van der Waals surface area (Å²) in [5, 5.41) is 0. The summed E-state index contributed by atoms with van der Waals surface area (Å²) in [6, 6.07) is 15.1. The van der Waals surface area contributed by atoms with E-state index in [-0.39, 0.29) is 0 Å². The Balaban J connectivity index is 1.84. The second-order valence-electron chi connectivity index (χ2n) is 6.45. The lowest BCUT2D eigenvalue weighted by atomic mass is 9.83. The highest BCUT2D eigenvalue weighted by Crippen LogP contribution is 2.36. The number of rotatable bonds is 3. The number of fused-ring (bicyclic) bond motifs is 4. The van der Waals surface area contributed by atoms with Crippen molar-refractivity contribution in [1.29, 1.82) is 0 Å². The fourth-order valence-electron chi connectivity index (χ4n) is 3.78. The fraction of sp³-hybridized carbons (Fsp3) is 0.273. The molecule has 0 atom stereocenters. The van der Waals surface area contributed by atoms with Gasteiger partial charge in [-0.15, -0.1) is 0 Å². The Kier molecular flexibility index (Phi) is 4.00. The smallest absolute Gasteiger partial charge is 0.0752 e. The van der Waals surface area contributed by atoms with Gasteiger partial charge in [0.05, 0.1) is 17.1 Å². The van der Waals surface area contributed by atoms with Gasteiger partial charge in [-0.1, -0.05) is 24.3 Å². The molecule has 0 amide bonds. The predicted octanol–water partition coefficient (Wildman–Crippen LogP) is 4.57. The van der Waals surface area contributed by atoms with Gasteiger partial charge in [0, 0.05) is 43.4 Å². The van der Waals surface area contributed by atoms with Crippen molar-refractivity contribution in [3.63, 3.8) is 0 Å². The molecule has 25 heavy (non-hydrogen) atoms. The summed E-state index contributed by atoms with van der Waals surface area (Å²) in [7, 11) is 1.86. The van der Waals surface area contributed by atoms with E-state index < -0.39 is 0 Å². The van der Waals surface area contributed by atoms with E-state index >= 15 is 0 Å². The molecule has 1 aliphatic heterocycles. The zero-order valence-electron chi connectivity index (χ0n) is 15.1. The monoisotopic (exact) mass is 329 g/mol. The van der Waals surface area contributed by atoms with Gasteiger partial charge in [-0.3, -0.25) is 4.99 Å². The van der Waals surface area contributed by atoms with Crippen LogP contribution in [0.4, 0.5) is 11.4 Å². The topological polar surface area (TPSA) is 28.0 Å². The van der Waals surface area contributed by atoms with E-state index in [2.05, 4.69) is 72.3 Å². The first kappa shape index (κ1) is 15.8. The average Bonchev–Trinajstić information content (AvgIpc) is 2.66. The summed E-state index contributed by atoms with van der Waals surface area (Å²) in [6.45, 7) is 6.44. The molecule has 2 aromatic rings. The molecule has 126 valence electrons. The van der Waals surface area contributed by atoms with Crippen LogP contribution in [-0.4, -0.2) is 31.6 Å². The van der Waals surface area contributed by atoms with E-state index in [1.165, 1.54) is 28.0 Å². The Morgan fingerprint density at radius 1 is 1.04 bits per heavy atom. The van der Waals surface area contributed by atoms with Gasteiger partial charge in [0.15, 0.2) is 0 Å². The van der Waals surface area contributed by atoms with Gasteiger partial charge in [0.2, 0.25) is 0 Å². The average molecular weight is 329 g/mol. The molecule has 0 bridgehead atoms. The fourth-order valence-corrected chi connectivity index (χ4v) is 3.78. The first-order chi connectivity index (χ1) is 12.2. The first-order valence-corrected chi connectivity index (χ1v) is 8.99. The molecule has 0 N–H and O–H groups in total. The van der Waals surface area contributed by atoms with Crippen molar-refractivity contribution >= 4 is 22.8 Å². The lowest BCUT2D eigenvalue weighted by molar-refractivity contribution is 0.865. The maximum atomic E-state index is 5.00. The molecule has 2 aliphatic rings. The highest BCUT2D eigenvalue weighted by molar-refractivity contribution is 6.29. The van der Waals surface area contributed by atoms with E-state index in [1.54, 1.807) is 0 Å². The molecule has 0 saturated carbocycles.